The zero-order valence-electron chi connectivity index (χ0n) is 18.9. The number of ether oxygens (including phenoxy) is 2. The Kier molecular flexibility index (Phi) is 5.33. The Bertz CT molecular complexity index is 1020. The second kappa shape index (κ2) is 7.52. The van der Waals surface area contributed by atoms with Crippen LogP contribution in [0.4, 0.5) is 9.18 Å². The first-order chi connectivity index (χ1) is 14.8. The minimum absolute atomic E-state index is 0.00864. The molecule has 9 heteroatoms. The number of aliphatic hydroxyl groups is 1. The van der Waals surface area contributed by atoms with E-state index >= 15 is 0 Å². The van der Waals surface area contributed by atoms with E-state index in [2.05, 4.69) is 15.3 Å². The van der Waals surface area contributed by atoms with Crippen LogP contribution in [-0.2, 0) is 15.1 Å². The van der Waals surface area contributed by atoms with Crippen LogP contribution in [0, 0.1) is 5.82 Å². The van der Waals surface area contributed by atoms with Gasteiger partial charge in [0.1, 0.15) is 16.9 Å². The first-order valence-corrected chi connectivity index (χ1v) is 10.8. The number of fused-ring (bicyclic) bond motifs is 4. The van der Waals surface area contributed by atoms with E-state index in [1.54, 1.807) is 0 Å². The van der Waals surface area contributed by atoms with Crippen molar-refractivity contribution in [2.45, 2.75) is 82.1 Å². The summed E-state index contributed by atoms with van der Waals surface area (Å²) >= 11 is 0. The molecule has 2 aliphatic heterocycles. The first-order valence-electron chi connectivity index (χ1n) is 10.8. The molecule has 2 saturated heterocycles. The van der Waals surface area contributed by atoms with Gasteiger partial charge in [0.2, 0.25) is 5.88 Å². The summed E-state index contributed by atoms with van der Waals surface area (Å²) in [6, 6.07) is 2.90. The molecule has 1 atom stereocenters. The number of hydrogen-bond acceptors (Lipinski definition) is 7. The van der Waals surface area contributed by atoms with E-state index < -0.39 is 34.3 Å². The van der Waals surface area contributed by atoms with Crippen LogP contribution < -0.4 is 5.32 Å². The maximum Gasteiger partial charge on any atom is 0.408 e. The average molecular weight is 448 g/mol. The summed E-state index contributed by atoms with van der Waals surface area (Å²) in [5, 5.41) is 24.2. The van der Waals surface area contributed by atoms with E-state index in [1.165, 1.54) is 19.1 Å². The van der Waals surface area contributed by atoms with Crippen molar-refractivity contribution in [1.82, 2.24) is 15.3 Å². The van der Waals surface area contributed by atoms with Crippen LogP contribution in [-0.4, -0.2) is 49.6 Å². The van der Waals surface area contributed by atoms with E-state index in [1.807, 2.05) is 20.8 Å². The molecule has 0 spiro atoms. The van der Waals surface area contributed by atoms with Crippen molar-refractivity contribution in [2.75, 3.05) is 6.61 Å². The molecule has 1 aliphatic carbocycles. The topological polar surface area (TPSA) is 114 Å². The smallest absolute Gasteiger partial charge is 0.408 e. The fraction of sp³-hybridized carbons (Fsp3) is 0.609. The fourth-order valence-corrected chi connectivity index (χ4v) is 4.93. The van der Waals surface area contributed by atoms with Gasteiger partial charge in [0.15, 0.2) is 0 Å². The number of hydrogen-bond donors (Lipinski definition) is 3. The van der Waals surface area contributed by atoms with Gasteiger partial charge in [0, 0.05) is 18.1 Å². The summed E-state index contributed by atoms with van der Waals surface area (Å²) < 4.78 is 26.4. The lowest BCUT2D eigenvalue weighted by Crippen LogP contribution is -2.64. The molecule has 5 rings (SSSR count). The van der Waals surface area contributed by atoms with E-state index in [-0.39, 0.29) is 23.4 Å². The molecule has 3 N–H and O–H groups in total. The van der Waals surface area contributed by atoms with Crippen LogP contribution in [0.1, 0.15) is 65.4 Å². The molecule has 0 radical (unpaired) electrons. The minimum atomic E-state index is -1.61. The largest absolute Gasteiger partial charge is 0.493 e. The summed E-state index contributed by atoms with van der Waals surface area (Å²) in [4.78, 5) is 20.3. The van der Waals surface area contributed by atoms with E-state index in [9.17, 15) is 19.4 Å². The Labute approximate surface area is 186 Å². The number of aromatic nitrogens is 2. The van der Waals surface area contributed by atoms with E-state index in [4.69, 9.17) is 9.47 Å². The highest BCUT2D eigenvalue weighted by molar-refractivity contribution is 5.79. The predicted octanol–water partition coefficient (Wildman–Crippen LogP) is 3.68. The number of amides is 1. The monoisotopic (exact) mass is 447 g/mol. The second-order valence-electron chi connectivity index (χ2n) is 10.3. The number of carbonyl (C=O) groups excluding carboxylic acids is 1. The molecule has 3 aliphatic rings. The summed E-state index contributed by atoms with van der Waals surface area (Å²) in [6.07, 6.45) is 3.27. The highest BCUT2D eigenvalue weighted by Crippen LogP contribution is 2.49. The van der Waals surface area contributed by atoms with Crippen molar-refractivity contribution in [3.63, 3.8) is 0 Å². The van der Waals surface area contributed by atoms with Gasteiger partial charge in [-0.3, -0.25) is 4.98 Å². The van der Waals surface area contributed by atoms with Crippen molar-refractivity contribution >= 4 is 17.1 Å². The lowest BCUT2D eigenvalue weighted by Gasteiger charge is -2.54. The van der Waals surface area contributed by atoms with Gasteiger partial charge in [-0.15, -0.1) is 0 Å². The normalized spacial score (nSPS) is 27.2. The number of carbonyl (C=O) groups is 1. The van der Waals surface area contributed by atoms with Crippen LogP contribution in [0.3, 0.4) is 0 Å². The standard InChI is InChI=1S/C23H30FN3O5/c1-20(2,3)32-19(29)27-22-7-9-23(10-8-22,31-13-22)12-21(4,30)17-14(24)11-25-15-5-6-16(28)26-18(15)17/h5-6,11,30H,7-10,12-13H2,1-4H3,(H,26,28)(H,27,29). The molecule has 1 unspecified atom stereocenters. The lowest BCUT2D eigenvalue weighted by atomic mass is 9.67. The zero-order valence-corrected chi connectivity index (χ0v) is 18.9. The molecular formula is C23H30FN3O5. The number of aromatic hydroxyl groups is 1. The van der Waals surface area contributed by atoms with Gasteiger partial charge in [-0.2, -0.15) is 0 Å². The molecule has 8 nitrogen and oxygen atoms in total. The SMILES string of the molecule is CC(C)(C)OC(=O)NC12CCC(CC(C)(O)c3c(F)cnc4ccc(O)nc34)(CC1)OC2. The Hall–Kier alpha value is -2.52. The maximum atomic E-state index is 14.8. The van der Waals surface area contributed by atoms with Crippen molar-refractivity contribution in [3.05, 3.63) is 29.7 Å². The van der Waals surface area contributed by atoms with Gasteiger partial charge in [0.05, 0.1) is 35.1 Å². The molecule has 1 saturated carbocycles. The molecule has 2 aromatic heterocycles. The number of nitrogens with one attached hydrogen (secondary N) is 1. The van der Waals surface area contributed by atoms with Crippen molar-refractivity contribution in [2.24, 2.45) is 0 Å². The van der Waals surface area contributed by atoms with Crippen LogP contribution in [0.5, 0.6) is 5.88 Å². The van der Waals surface area contributed by atoms with E-state index in [0.29, 0.717) is 37.8 Å². The molecule has 1 amide bonds. The van der Waals surface area contributed by atoms with E-state index in [0.717, 1.165) is 6.20 Å². The third-order valence-corrected chi connectivity index (χ3v) is 6.40. The number of rotatable bonds is 4. The quantitative estimate of drug-likeness (QED) is 0.655. The number of nitrogens with zero attached hydrogens (tertiary/aromatic N) is 2. The summed E-state index contributed by atoms with van der Waals surface area (Å²) in [5.41, 5.74) is -2.86. The van der Waals surface area contributed by atoms with Crippen LogP contribution >= 0.6 is 0 Å². The van der Waals surface area contributed by atoms with Crippen LogP contribution in [0.15, 0.2) is 18.3 Å². The Morgan fingerprint density at radius 1 is 1.25 bits per heavy atom. The Morgan fingerprint density at radius 3 is 2.53 bits per heavy atom. The Morgan fingerprint density at radius 2 is 1.94 bits per heavy atom. The third kappa shape index (κ3) is 4.36. The molecule has 2 bridgehead atoms. The highest BCUT2D eigenvalue weighted by Gasteiger charge is 2.53. The van der Waals surface area contributed by atoms with Crippen LogP contribution in [0.25, 0.3) is 11.0 Å². The van der Waals surface area contributed by atoms with Gasteiger partial charge >= 0.3 is 6.09 Å². The molecule has 2 aromatic rings. The summed E-state index contributed by atoms with van der Waals surface area (Å²) in [7, 11) is 0. The van der Waals surface area contributed by atoms with Gasteiger partial charge in [-0.05, 0) is 59.4 Å². The summed E-state index contributed by atoms with van der Waals surface area (Å²) in [5.74, 6) is -0.964. The third-order valence-electron chi connectivity index (χ3n) is 6.40. The van der Waals surface area contributed by atoms with Gasteiger partial charge in [0.25, 0.3) is 0 Å². The Balaban J connectivity index is 1.53. The lowest BCUT2D eigenvalue weighted by molar-refractivity contribution is -0.187. The van der Waals surface area contributed by atoms with Gasteiger partial charge in [-0.1, -0.05) is 0 Å². The number of pyridine rings is 2. The predicted molar refractivity (Wildman–Crippen MR) is 115 cm³/mol. The molecule has 174 valence electrons. The minimum Gasteiger partial charge on any atom is -0.493 e. The average Bonchev–Trinajstić information content (AvgIpc) is 2.67. The van der Waals surface area contributed by atoms with Crippen molar-refractivity contribution in [3.8, 4) is 5.88 Å². The molecule has 3 fully saturated rings. The maximum absolute atomic E-state index is 14.8. The number of alkyl carbamates (subject to hydrolysis) is 1. The molecular weight excluding hydrogens is 417 g/mol. The van der Waals surface area contributed by atoms with Crippen LogP contribution in [0.2, 0.25) is 0 Å². The van der Waals surface area contributed by atoms with Crippen molar-refractivity contribution < 1.29 is 28.9 Å². The highest BCUT2D eigenvalue weighted by atomic mass is 19.1. The first kappa shape index (κ1) is 22.7. The number of halogens is 1. The van der Waals surface area contributed by atoms with Crippen molar-refractivity contribution in [1.29, 1.82) is 0 Å². The zero-order chi connectivity index (χ0) is 23.4. The fourth-order valence-electron chi connectivity index (χ4n) is 4.93. The summed E-state index contributed by atoms with van der Waals surface area (Å²) in [6.45, 7) is 7.26. The molecule has 32 heavy (non-hydrogen) atoms. The molecule has 0 aromatic carbocycles. The second-order valence-corrected chi connectivity index (χ2v) is 10.3. The molecule has 4 heterocycles. The van der Waals surface area contributed by atoms with Gasteiger partial charge in [-0.25, -0.2) is 14.2 Å². The van der Waals surface area contributed by atoms with Gasteiger partial charge < -0.3 is 25.0 Å².